The molecule has 3 nitrogen and oxygen atoms in total. The zero-order chi connectivity index (χ0) is 9.26. The first kappa shape index (κ1) is 7.86. The van der Waals surface area contributed by atoms with Crippen molar-refractivity contribution in [3.05, 3.63) is 42.4 Å². The van der Waals surface area contributed by atoms with Crippen LogP contribution in [-0.4, -0.2) is 14.7 Å². The lowest BCUT2D eigenvalue weighted by molar-refractivity contribution is 0.441. The van der Waals surface area contributed by atoms with Gasteiger partial charge in [-0.25, -0.2) is 4.98 Å². The van der Waals surface area contributed by atoms with E-state index in [0.717, 1.165) is 11.5 Å². The van der Waals surface area contributed by atoms with Crippen molar-refractivity contribution >= 4 is 0 Å². The first-order valence-corrected chi connectivity index (χ1v) is 4.08. The Hall–Kier alpha value is -1.77. The predicted molar refractivity (Wildman–Crippen MR) is 50.0 cm³/mol. The first-order chi connectivity index (χ1) is 6.29. The summed E-state index contributed by atoms with van der Waals surface area (Å²) in [5.74, 6) is 0.951. The van der Waals surface area contributed by atoms with Crippen molar-refractivity contribution < 1.29 is 5.11 Å². The Kier molecular flexibility index (Phi) is 1.77. The van der Waals surface area contributed by atoms with Crippen LogP contribution in [0.25, 0.3) is 5.69 Å². The Bertz CT molecular complexity index is 387. The van der Waals surface area contributed by atoms with Gasteiger partial charge in [-0.15, -0.1) is 0 Å². The van der Waals surface area contributed by atoms with Crippen LogP contribution >= 0.6 is 0 Å². The summed E-state index contributed by atoms with van der Waals surface area (Å²) in [4.78, 5) is 4.01. The lowest BCUT2D eigenvalue weighted by Crippen LogP contribution is -1.95. The third-order valence-corrected chi connectivity index (χ3v) is 1.93. The molecule has 0 saturated carbocycles. The molecule has 0 bridgehead atoms. The molecule has 0 aliphatic rings. The normalized spacial score (nSPS) is 10.2. The number of aryl methyl sites for hydroxylation is 1. The largest absolute Gasteiger partial charge is 0.493 e. The SMILES string of the molecule is Cc1ncc(O)n1-c1ccccc1. The molecule has 2 rings (SSSR count). The van der Waals surface area contributed by atoms with Gasteiger partial charge in [-0.3, -0.25) is 4.57 Å². The van der Waals surface area contributed by atoms with Gasteiger partial charge in [0.05, 0.1) is 11.9 Å². The number of imidazole rings is 1. The second-order valence-electron chi connectivity index (χ2n) is 2.83. The van der Waals surface area contributed by atoms with Crippen LogP contribution in [0, 0.1) is 6.92 Å². The standard InChI is InChI=1S/C10H10N2O/c1-8-11-7-10(13)12(8)9-5-3-2-4-6-9/h2-7,13H,1H3. The molecule has 0 atom stereocenters. The molecule has 0 aliphatic carbocycles. The minimum atomic E-state index is 0.170. The third kappa shape index (κ3) is 1.28. The quantitative estimate of drug-likeness (QED) is 0.716. The van der Waals surface area contributed by atoms with Gasteiger partial charge in [0, 0.05) is 0 Å². The average Bonchev–Trinajstić information content (AvgIpc) is 2.48. The zero-order valence-electron chi connectivity index (χ0n) is 7.31. The van der Waals surface area contributed by atoms with E-state index >= 15 is 0 Å². The summed E-state index contributed by atoms with van der Waals surface area (Å²) in [6.07, 6.45) is 1.45. The summed E-state index contributed by atoms with van der Waals surface area (Å²) >= 11 is 0. The molecule has 0 aliphatic heterocycles. The maximum atomic E-state index is 9.49. The number of benzene rings is 1. The number of hydrogen-bond donors (Lipinski definition) is 1. The zero-order valence-corrected chi connectivity index (χ0v) is 7.31. The van der Waals surface area contributed by atoms with Crippen molar-refractivity contribution in [3.8, 4) is 11.6 Å². The fraction of sp³-hybridized carbons (Fsp3) is 0.100. The van der Waals surface area contributed by atoms with E-state index in [-0.39, 0.29) is 5.88 Å². The molecule has 13 heavy (non-hydrogen) atoms. The molecule has 0 fully saturated rings. The van der Waals surface area contributed by atoms with Gasteiger partial charge in [0.25, 0.3) is 0 Å². The molecule has 0 amide bonds. The molecule has 0 spiro atoms. The Morgan fingerprint density at radius 3 is 2.46 bits per heavy atom. The van der Waals surface area contributed by atoms with Gasteiger partial charge in [0.15, 0.2) is 0 Å². The van der Waals surface area contributed by atoms with Crippen LogP contribution in [0.15, 0.2) is 36.5 Å². The van der Waals surface area contributed by atoms with Crippen LogP contribution < -0.4 is 0 Å². The molecular formula is C10H10N2O. The lowest BCUT2D eigenvalue weighted by Gasteiger charge is -2.04. The van der Waals surface area contributed by atoms with Crippen molar-refractivity contribution in [1.29, 1.82) is 0 Å². The van der Waals surface area contributed by atoms with E-state index in [4.69, 9.17) is 0 Å². The van der Waals surface area contributed by atoms with Crippen LogP contribution in [0.1, 0.15) is 5.82 Å². The van der Waals surface area contributed by atoms with Gasteiger partial charge in [0.2, 0.25) is 5.88 Å². The number of para-hydroxylation sites is 1. The molecule has 0 radical (unpaired) electrons. The van der Waals surface area contributed by atoms with Crippen LogP contribution in [0.4, 0.5) is 0 Å². The van der Waals surface area contributed by atoms with Gasteiger partial charge >= 0.3 is 0 Å². The van der Waals surface area contributed by atoms with Crippen molar-refractivity contribution in [2.24, 2.45) is 0 Å². The lowest BCUT2D eigenvalue weighted by atomic mass is 10.3. The summed E-state index contributed by atoms with van der Waals surface area (Å²) in [5, 5.41) is 9.49. The third-order valence-electron chi connectivity index (χ3n) is 1.93. The highest BCUT2D eigenvalue weighted by Gasteiger charge is 2.05. The minimum absolute atomic E-state index is 0.170. The Labute approximate surface area is 76.3 Å². The highest BCUT2D eigenvalue weighted by Crippen LogP contribution is 2.18. The highest BCUT2D eigenvalue weighted by atomic mass is 16.3. The van der Waals surface area contributed by atoms with E-state index in [9.17, 15) is 5.11 Å². The maximum absolute atomic E-state index is 9.49. The Morgan fingerprint density at radius 2 is 1.92 bits per heavy atom. The monoisotopic (exact) mass is 174 g/mol. The highest BCUT2D eigenvalue weighted by molar-refractivity contribution is 5.36. The van der Waals surface area contributed by atoms with Crippen molar-refractivity contribution in [2.45, 2.75) is 6.92 Å². The molecule has 1 heterocycles. The van der Waals surface area contributed by atoms with Gasteiger partial charge in [-0.05, 0) is 19.1 Å². The molecule has 1 N–H and O–H groups in total. The van der Waals surface area contributed by atoms with Gasteiger partial charge < -0.3 is 5.11 Å². The van der Waals surface area contributed by atoms with E-state index in [1.807, 2.05) is 37.3 Å². The summed E-state index contributed by atoms with van der Waals surface area (Å²) in [7, 11) is 0. The molecule has 1 aromatic carbocycles. The topological polar surface area (TPSA) is 38.1 Å². The number of hydrogen-bond acceptors (Lipinski definition) is 2. The maximum Gasteiger partial charge on any atom is 0.216 e. The summed E-state index contributed by atoms with van der Waals surface area (Å²) in [6, 6.07) is 9.64. The van der Waals surface area contributed by atoms with Gasteiger partial charge in [-0.1, -0.05) is 18.2 Å². The number of aromatic nitrogens is 2. The second-order valence-corrected chi connectivity index (χ2v) is 2.83. The van der Waals surface area contributed by atoms with E-state index in [1.165, 1.54) is 6.20 Å². The average molecular weight is 174 g/mol. The van der Waals surface area contributed by atoms with Crippen molar-refractivity contribution in [1.82, 2.24) is 9.55 Å². The van der Waals surface area contributed by atoms with Crippen LogP contribution in [0.2, 0.25) is 0 Å². The Balaban J connectivity index is 2.59. The molecular weight excluding hydrogens is 164 g/mol. The number of rotatable bonds is 1. The summed E-state index contributed by atoms with van der Waals surface area (Å²) in [5.41, 5.74) is 0.926. The molecule has 66 valence electrons. The Morgan fingerprint density at radius 1 is 1.23 bits per heavy atom. The van der Waals surface area contributed by atoms with Crippen molar-refractivity contribution in [3.63, 3.8) is 0 Å². The first-order valence-electron chi connectivity index (χ1n) is 4.08. The molecule has 3 heteroatoms. The van der Waals surface area contributed by atoms with E-state index in [1.54, 1.807) is 4.57 Å². The minimum Gasteiger partial charge on any atom is -0.493 e. The predicted octanol–water partition coefficient (Wildman–Crippen LogP) is 1.89. The fourth-order valence-corrected chi connectivity index (χ4v) is 1.33. The summed E-state index contributed by atoms with van der Waals surface area (Å²) < 4.78 is 1.69. The second kappa shape index (κ2) is 2.94. The number of nitrogens with zero attached hydrogens (tertiary/aromatic N) is 2. The number of aromatic hydroxyl groups is 1. The summed E-state index contributed by atoms with van der Waals surface area (Å²) in [6.45, 7) is 1.85. The fourth-order valence-electron chi connectivity index (χ4n) is 1.33. The van der Waals surface area contributed by atoms with Crippen LogP contribution in [0.3, 0.4) is 0 Å². The molecule has 0 unspecified atom stereocenters. The molecule has 1 aromatic heterocycles. The van der Waals surface area contributed by atoms with Crippen molar-refractivity contribution in [2.75, 3.05) is 0 Å². The smallest absolute Gasteiger partial charge is 0.216 e. The van der Waals surface area contributed by atoms with E-state index < -0.39 is 0 Å². The van der Waals surface area contributed by atoms with Gasteiger partial charge in [-0.2, -0.15) is 0 Å². The van der Waals surface area contributed by atoms with Gasteiger partial charge in [0.1, 0.15) is 5.82 Å². The molecule has 0 saturated heterocycles. The van der Waals surface area contributed by atoms with Crippen LogP contribution in [0.5, 0.6) is 5.88 Å². The molecule has 2 aromatic rings. The van der Waals surface area contributed by atoms with E-state index in [2.05, 4.69) is 4.98 Å². The van der Waals surface area contributed by atoms with Crippen LogP contribution in [-0.2, 0) is 0 Å². The van der Waals surface area contributed by atoms with E-state index in [0.29, 0.717) is 0 Å².